The van der Waals surface area contributed by atoms with Gasteiger partial charge < -0.3 is 14.8 Å². The molecule has 0 aliphatic carbocycles. The molecule has 9 nitrogen and oxygen atoms in total. The average Bonchev–Trinajstić information content (AvgIpc) is 3.28. The van der Waals surface area contributed by atoms with Gasteiger partial charge in [-0.05, 0) is 25.1 Å². The number of hydrogen-bond acceptors (Lipinski definition) is 7. The van der Waals surface area contributed by atoms with E-state index in [0.717, 1.165) is 60.3 Å². The smallest absolute Gasteiger partial charge is 0.178 e. The highest BCUT2D eigenvalue weighted by Gasteiger charge is 2.21. The van der Waals surface area contributed by atoms with Crippen LogP contribution in [0.1, 0.15) is 5.82 Å². The maximum atomic E-state index is 4.67. The van der Waals surface area contributed by atoms with Gasteiger partial charge in [-0.2, -0.15) is 4.52 Å². The first kappa shape index (κ1) is 14.1. The Morgan fingerprint density at radius 1 is 0.960 bits per heavy atom. The van der Waals surface area contributed by atoms with E-state index < -0.39 is 0 Å². The van der Waals surface area contributed by atoms with Gasteiger partial charge in [0.2, 0.25) is 0 Å². The van der Waals surface area contributed by atoms with Crippen LogP contribution in [-0.4, -0.2) is 60.9 Å². The van der Waals surface area contributed by atoms with Crippen LogP contribution in [0.3, 0.4) is 0 Å². The van der Waals surface area contributed by atoms with E-state index in [1.165, 1.54) is 0 Å². The Hall–Kier alpha value is -3.23. The van der Waals surface area contributed by atoms with E-state index in [2.05, 4.69) is 40.0 Å². The summed E-state index contributed by atoms with van der Waals surface area (Å²) in [5, 5.41) is 13.9. The lowest BCUT2D eigenvalue weighted by molar-refractivity contribution is 0.636. The summed E-state index contributed by atoms with van der Waals surface area (Å²) in [6.45, 7) is 5.45. The third-order valence-electron chi connectivity index (χ3n) is 4.64. The predicted molar refractivity (Wildman–Crippen MR) is 93.8 cm³/mol. The molecule has 25 heavy (non-hydrogen) atoms. The SMILES string of the molecule is Cc1nnc2ccc(N3CCN(c4ncnc5[nH]ccc45)CC3)nn12. The number of aromatic nitrogens is 7. The molecule has 0 atom stereocenters. The number of aryl methyl sites for hydroxylation is 1. The first-order valence-corrected chi connectivity index (χ1v) is 8.27. The second kappa shape index (κ2) is 5.40. The van der Waals surface area contributed by atoms with Crippen molar-refractivity contribution < 1.29 is 0 Å². The Bertz CT molecular complexity index is 1040. The quantitative estimate of drug-likeness (QED) is 0.585. The number of nitrogens with zero attached hydrogens (tertiary/aromatic N) is 8. The predicted octanol–water partition coefficient (Wildman–Crippen LogP) is 1.03. The average molecular weight is 335 g/mol. The van der Waals surface area contributed by atoms with Crippen LogP contribution in [0.4, 0.5) is 11.6 Å². The number of piperazine rings is 1. The first-order valence-electron chi connectivity index (χ1n) is 8.27. The molecular weight excluding hydrogens is 318 g/mol. The monoisotopic (exact) mass is 335 g/mol. The van der Waals surface area contributed by atoms with Crippen molar-refractivity contribution in [3.8, 4) is 0 Å². The molecule has 1 saturated heterocycles. The highest BCUT2D eigenvalue weighted by atomic mass is 15.4. The molecule has 0 amide bonds. The van der Waals surface area contributed by atoms with Crippen molar-refractivity contribution in [1.82, 2.24) is 34.8 Å². The third kappa shape index (κ3) is 2.27. The third-order valence-corrected chi connectivity index (χ3v) is 4.64. The van der Waals surface area contributed by atoms with E-state index in [4.69, 9.17) is 0 Å². The number of nitrogens with one attached hydrogen (secondary N) is 1. The van der Waals surface area contributed by atoms with Crippen LogP contribution in [0, 0.1) is 6.92 Å². The van der Waals surface area contributed by atoms with Gasteiger partial charge in [0, 0.05) is 32.4 Å². The van der Waals surface area contributed by atoms with Gasteiger partial charge >= 0.3 is 0 Å². The van der Waals surface area contributed by atoms with E-state index in [1.807, 2.05) is 31.3 Å². The molecular formula is C16H17N9. The number of aromatic amines is 1. The molecule has 1 aliphatic rings. The second-order valence-electron chi connectivity index (χ2n) is 6.12. The summed E-state index contributed by atoms with van der Waals surface area (Å²) in [6.07, 6.45) is 3.52. The lowest BCUT2D eigenvalue weighted by Crippen LogP contribution is -2.47. The van der Waals surface area contributed by atoms with Gasteiger partial charge in [0.25, 0.3) is 0 Å². The number of anilines is 2. The molecule has 0 saturated carbocycles. The largest absolute Gasteiger partial charge is 0.352 e. The molecule has 9 heteroatoms. The fourth-order valence-electron chi connectivity index (χ4n) is 3.31. The standard InChI is InChI=1S/C16H17N9/c1-11-20-21-13-2-3-14(22-25(11)13)23-6-8-24(9-7-23)16-12-4-5-17-15(12)18-10-19-16/h2-5,10H,6-9H2,1H3,(H,17,18,19). The summed E-state index contributed by atoms with van der Waals surface area (Å²) >= 11 is 0. The van der Waals surface area contributed by atoms with Gasteiger partial charge in [-0.3, -0.25) is 0 Å². The lowest BCUT2D eigenvalue weighted by atomic mass is 10.2. The molecule has 0 aromatic carbocycles. The summed E-state index contributed by atoms with van der Waals surface area (Å²) in [7, 11) is 0. The minimum Gasteiger partial charge on any atom is -0.352 e. The van der Waals surface area contributed by atoms with E-state index in [1.54, 1.807) is 10.8 Å². The van der Waals surface area contributed by atoms with Crippen LogP contribution < -0.4 is 9.80 Å². The Kier molecular flexibility index (Phi) is 3.06. The van der Waals surface area contributed by atoms with Crippen LogP contribution in [0.15, 0.2) is 30.7 Å². The van der Waals surface area contributed by atoms with Crippen molar-refractivity contribution in [2.45, 2.75) is 6.92 Å². The number of rotatable bonds is 2. The van der Waals surface area contributed by atoms with Gasteiger partial charge in [-0.15, -0.1) is 15.3 Å². The Morgan fingerprint density at radius 2 is 1.80 bits per heavy atom. The molecule has 5 rings (SSSR count). The fourth-order valence-corrected chi connectivity index (χ4v) is 3.31. The molecule has 4 aromatic heterocycles. The first-order chi connectivity index (χ1) is 12.3. The van der Waals surface area contributed by atoms with Gasteiger partial charge in [0.15, 0.2) is 11.5 Å². The van der Waals surface area contributed by atoms with Crippen LogP contribution in [0.2, 0.25) is 0 Å². The fraction of sp³-hybridized carbons (Fsp3) is 0.312. The van der Waals surface area contributed by atoms with E-state index in [0.29, 0.717) is 0 Å². The summed E-state index contributed by atoms with van der Waals surface area (Å²) < 4.78 is 1.79. The minimum absolute atomic E-state index is 0.774. The molecule has 0 radical (unpaired) electrons. The topological polar surface area (TPSA) is 91.1 Å². The maximum absolute atomic E-state index is 4.67. The second-order valence-corrected chi connectivity index (χ2v) is 6.12. The Morgan fingerprint density at radius 3 is 2.68 bits per heavy atom. The zero-order valence-electron chi connectivity index (χ0n) is 13.8. The molecule has 4 aromatic rings. The molecule has 126 valence electrons. The number of fused-ring (bicyclic) bond motifs is 2. The zero-order chi connectivity index (χ0) is 16.8. The van der Waals surface area contributed by atoms with Crippen LogP contribution in [-0.2, 0) is 0 Å². The molecule has 1 fully saturated rings. The van der Waals surface area contributed by atoms with E-state index in [-0.39, 0.29) is 0 Å². The maximum Gasteiger partial charge on any atom is 0.178 e. The molecule has 1 N–H and O–H groups in total. The Balaban J connectivity index is 1.38. The summed E-state index contributed by atoms with van der Waals surface area (Å²) in [5.41, 5.74) is 1.65. The lowest BCUT2D eigenvalue weighted by Gasteiger charge is -2.36. The highest BCUT2D eigenvalue weighted by Crippen LogP contribution is 2.24. The summed E-state index contributed by atoms with van der Waals surface area (Å²) in [5.74, 6) is 2.74. The van der Waals surface area contributed by atoms with E-state index >= 15 is 0 Å². The van der Waals surface area contributed by atoms with Crippen molar-refractivity contribution in [2.24, 2.45) is 0 Å². The van der Waals surface area contributed by atoms with Gasteiger partial charge in [0.1, 0.15) is 23.6 Å². The van der Waals surface area contributed by atoms with Crippen LogP contribution >= 0.6 is 0 Å². The summed E-state index contributed by atoms with van der Waals surface area (Å²) in [6, 6.07) is 6.00. The molecule has 0 unspecified atom stereocenters. The normalized spacial score (nSPS) is 15.4. The van der Waals surface area contributed by atoms with Crippen LogP contribution in [0.5, 0.6) is 0 Å². The molecule has 0 spiro atoms. The number of H-pyrrole nitrogens is 1. The van der Waals surface area contributed by atoms with Gasteiger partial charge in [0.05, 0.1) is 5.39 Å². The highest BCUT2D eigenvalue weighted by molar-refractivity contribution is 5.87. The molecule has 5 heterocycles. The van der Waals surface area contributed by atoms with Crippen molar-refractivity contribution in [1.29, 1.82) is 0 Å². The van der Waals surface area contributed by atoms with Crippen molar-refractivity contribution >= 4 is 28.3 Å². The Labute approximate surface area is 143 Å². The van der Waals surface area contributed by atoms with Crippen LogP contribution in [0.25, 0.3) is 16.7 Å². The van der Waals surface area contributed by atoms with Gasteiger partial charge in [-0.25, -0.2) is 9.97 Å². The van der Waals surface area contributed by atoms with Crippen molar-refractivity contribution in [3.05, 3.63) is 36.5 Å². The van der Waals surface area contributed by atoms with Crippen molar-refractivity contribution in [3.63, 3.8) is 0 Å². The molecule has 1 aliphatic heterocycles. The molecule has 0 bridgehead atoms. The number of hydrogen-bond donors (Lipinski definition) is 1. The summed E-state index contributed by atoms with van der Waals surface area (Å²) in [4.78, 5) is 16.5. The zero-order valence-corrected chi connectivity index (χ0v) is 13.8. The van der Waals surface area contributed by atoms with E-state index in [9.17, 15) is 0 Å². The van der Waals surface area contributed by atoms with Gasteiger partial charge in [-0.1, -0.05) is 0 Å². The van der Waals surface area contributed by atoms with Crippen molar-refractivity contribution in [2.75, 3.05) is 36.0 Å². The minimum atomic E-state index is 0.774.